The predicted molar refractivity (Wildman–Crippen MR) is 85.7 cm³/mol. The topological polar surface area (TPSA) is 66.6 Å². The highest BCUT2D eigenvalue weighted by Gasteiger charge is 2.42. The second-order valence-electron chi connectivity index (χ2n) is 6.56. The summed E-state index contributed by atoms with van der Waals surface area (Å²) in [5.41, 5.74) is 6.53. The Labute approximate surface area is 129 Å². The van der Waals surface area contributed by atoms with Gasteiger partial charge in [-0.15, -0.1) is 0 Å². The van der Waals surface area contributed by atoms with Gasteiger partial charge in [-0.25, -0.2) is 0 Å². The normalized spacial score (nSPS) is 27.3. The molecule has 2 aromatic carbocycles. The van der Waals surface area contributed by atoms with E-state index in [1.165, 1.54) is 0 Å². The largest absolute Gasteiger partial charge is 0.506 e. The first-order chi connectivity index (χ1) is 10.6. The van der Waals surface area contributed by atoms with Gasteiger partial charge in [-0.2, -0.15) is 0 Å². The van der Waals surface area contributed by atoms with Crippen molar-refractivity contribution in [1.82, 2.24) is 4.90 Å². The first-order valence-corrected chi connectivity index (χ1v) is 7.90. The standard InChI is InChI=1S/C18H20N2O2/c19-16-8-6-12-9-20(10-15(12)16)18(22)14-7-5-11-3-1-2-4-13(11)17(14)21/h1-5,7,12,15-16,21H,6,8-10,19H2. The quantitative estimate of drug-likeness (QED) is 0.849. The van der Waals surface area contributed by atoms with Crippen molar-refractivity contribution in [2.75, 3.05) is 13.1 Å². The van der Waals surface area contributed by atoms with Crippen molar-refractivity contribution in [2.45, 2.75) is 18.9 Å². The number of phenols is 1. The van der Waals surface area contributed by atoms with Crippen LogP contribution < -0.4 is 5.73 Å². The fourth-order valence-electron chi connectivity index (χ4n) is 4.07. The zero-order chi connectivity index (χ0) is 15.3. The molecule has 114 valence electrons. The van der Waals surface area contributed by atoms with E-state index >= 15 is 0 Å². The zero-order valence-electron chi connectivity index (χ0n) is 12.4. The number of carbonyl (C=O) groups excluding carboxylic acids is 1. The van der Waals surface area contributed by atoms with Crippen molar-refractivity contribution in [2.24, 2.45) is 17.6 Å². The van der Waals surface area contributed by atoms with E-state index in [0.717, 1.165) is 36.7 Å². The molecule has 4 heteroatoms. The summed E-state index contributed by atoms with van der Waals surface area (Å²) < 4.78 is 0. The molecule has 4 nitrogen and oxygen atoms in total. The molecule has 0 aromatic heterocycles. The van der Waals surface area contributed by atoms with Gasteiger partial charge in [-0.05, 0) is 36.1 Å². The van der Waals surface area contributed by atoms with Crippen molar-refractivity contribution in [3.63, 3.8) is 0 Å². The Balaban J connectivity index is 1.65. The first-order valence-electron chi connectivity index (χ1n) is 7.90. The highest BCUT2D eigenvalue weighted by Crippen LogP contribution is 2.38. The number of fused-ring (bicyclic) bond motifs is 2. The third-order valence-corrected chi connectivity index (χ3v) is 5.33. The van der Waals surface area contributed by atoms with Crippen LogP contribution in [-0.2, 0) is 0 Å². The first kappa shape index (κ1) is 13.6. The minimum atomic E-state index is -0.0788. The number of likely N-dealkylation sites (tertiary alicyclic amines) is 1. The number of aromatic hydroxyl groups is 1. The number of nitrogens with two attached hydrogens (primary N) is 1. The lowest BCUT2D eigenvalue weighted by atomic mass is 9.98. The molecule has 3 unspecified atom stereocenters. The maximum absolute atomic E-state index is 12.8. The average molecular weight is 296 g/mol. The Morgan fingerprint density at radius 1 is 1.14 bits per heavy atom. The maximum Gasteiger partial charge on any atom is 0.257 e. The number of hydrogen-bond acceptors (Lipinski definition) is 3. The smallest absolute Gasteiger partial charge is 0.257 e. The van der Waals surface area contributed by atoms with Crippen LogP contribution in [0.3, 0.4) is 0 Å². The summed E-state index contributed by atoms with van der Waals surface area (Å²) in [4.78, 5) is 14.6. The average Bonchev–Trinajstić information content (AvgIpc) is 3.10. The summed E-state index contributed by atoms with van der Waals surface area (Å²) in [5.74, 6) is 0.961. The molecule has 1 saturated heterocycles. The molecule has 22 heavy (non-hydrogen) atoms. The fourth-order valence-corrected chi connectivity index (χ4v) is 4.07. The van der Waals surface area contributed by atoms with E-state index in [1.807, 2.05) is 35.2 Å². The second-order valence-corrected chi connectivity index (χ2v) is 6.56. The lowest BCUT2D eigenvalue weighted by Gasteiger charge is -2.19. The minimum Gasteiger partial charge on any atom is -0.506 e. The minimum absolute atomic E-state index is 0.0788. The third-order valence-electron chi connectivity index (χ3n) is 5.33. The lowest BCUT2D eigenvalue weighted by Crippen LogP contribution is -2.33. The zero-order valence-corrected chi connectivity index (χ0v) is 12.4. The Bertz CT molecular complexity index is 743. The van der Waals surface area contributed by atoms with Gasteiger partial charge in [0.25, 0.3) is 5.91 Å². The van der Waals surface area contributed by atoms with Crippen LogP contribution >= 0.6 is 0 Å². The maximum atomic E-state index is 12.8. The molecule has 0 bridgehead atoms. The van der Waals surface area contributed by atoms with Crippen LogP contribution in [0.1, 0.15) is 23.2 Å². The van der Waals surface area contributed by atoms with Gasteiger partial charge >= 0.3 is 0 Å². The van der Waals surface area contributed by atoms with E-state index in [0.29, 0.717) is 17.4 Å². The summed E-state index contributed by atoms with van der Waals surface area (Å²) in [6.07, 6.45) is 2.18. The summed E-state index contributed by atoms with van der Waals surface area (Å²) in [7, 11) is 0. The van der Waals surface area contributed by atoms with Crippen molar-refractivity contribution in [3.05, 3.63) is 42.0 Å². The molecular formula is C18H20N2O2. The molecule has 2 aliphatic rings. The van der Waals surface area contributed by atoms with Crippen molar-refractivity contribution >= 4 is 16.7 Å². The highest BCUT2D eigenvalue weighted by atomic mass is 16.3. The summed E-state index contributed by atoms with van der Waals surface area (Å²) in [6.45, 7) is 1.49. The molecule has 2 aromatic rings. The van der Waals surface area contributed by atoms with Gasteiger partial charge in [-0.3, -0.25) is 4.79 Å². The molecule has 1 heterocycles. The predicted octanol–water partition coefficient (Wildman–Crippen LogP) is 2.35. The number of rotatable bonds is 1. The molecule has 1 saturated carbocycles. The van der Waals surface area contributed by atoms with Gasteiger partial charge in [0.2, 0.25) is 0 Å². The molecule has 3 N–H and O–H groups in total. The summed E-state index contributed by atoms with van der Waals surface area (Å²) in [6, 6.07) is 11.4. The molecule has 4 rings (SSSR count). The Morgan fingerprint density at radius 3 is 2.77 bits per heavy atom. The van der Waals surface area contributed by atoms with Crippen molar-refractivity contribution in [3.8, 4) is 5.75 Å². The van der Waals surface area contributed by atoms with Gasteiger partial charge in [0, 0.05) is 24.5 Å². The molecule has 1 aliphatic heterocycles. The molecule has 0 radical (unpaired) electrons. The monoisotopic (exact) mass is 296 g/mol. The van der Waals surface area contributed by atoms with Crippen LogP contribution in [0.4, 0.5) is 0 Å². The molecule has 1 amide bonds. The van der Waals surface area contributed by atoms with Crippen molar-refractivity contribution in [1.29, 1.82) is 0 Å². The molecule has 1 aliphatic carbocycles. The van der Waals surface area contributed by atoms with E-state index in [1.54, 1.807) is 6.07 Å². The van der Waals surface area contributed by atoms with E-state index in [4.69, 9.17) is 5.73 Å². The van der Waals surface area contributed by atoms with Gasteiger partial charge < -0.3 is 15.7 Å². The summed E-state index contributed by atoms with van der Waals surface area (Å²) in [5, 5.41) is 12.1. The Hall–Kier alpha value is -2.07. The van der Waals surface area contributed by atoms with Crippen molar-refractivity contribution < 1.29 is 9.90 Å². The number of carbonyl (C=O) groups is 1. The molecule has 2 fully saturated rings. The fraction of sp³-hybridized carbons (Fsp3) is 0.389. The Kier molecular flexibility index (Phi) is 3.08. The van der Waals surface area contributed by atoms with Crippen LogP contribution in [0.25, 0.3) is 10.8 Å². The lowest BCUT2D eigenvalue weighted by molar-refractivity contribution is 0.0777. The van der Waals surface area contributed by atoms with E-state index in [9.17, 15) is 9.90 Å². The van der Waals surface area contributed by atoms with Crippen LogP contribution in [0, 0.1) is 11.8 Å². The van der Waals surface area contributed by atoms with Gasteiger partial charge in [0.05, 0.1) is 5.56 Å². The highest BCUT2D eigenvalue weighted by molar-refractivity contribution is 6.03. The number of phenolic OH excluding ortho intramolecular Hbond substituents is 1. The number of nitrogens with zero attached hydrogens (tertiary/aromatic N) is 1. The SMILES string of the molecule is NC1CCC2CN(C(=O)c3ccc4ccccc4c3O)CC12. The number of benzene rings is 2. The summed E-state index contributed by atoms with van der Waals surface area (Å²) >= 11 is 0. The number of amides is 1. The Morgan fingerprint density at radius 2 is 1.95 bits per heavy atom. The van der Waals surface area contributed by atoms with E-state index in [-0.39, 0.29) is 17.7 Å². The van der Waals surface area contributed by atoms with E-state index < -0.39 is 0 Å². The molecular weight excluding hydrogens is 276 g/mol. The van der Waals surface area contributed by atoms with Gasteiger partial charge in [-0.1, -0.05) is 30.3 Å². The van der Waals surface area contributed by atoms with Crippen LogP contribution in [-0.4, -0.2) is 35.0 Å². The third kappa shape index (κ3) is 1.98. The van der Waals surface area contributed by atoms with Crippen LogP contribution in [0.5, 0.6) is 5.75 Å². The number of hydrogen-bond donors (Lipinski definition) is 2. The van der Waals surface area contributed by atoms with E-state index in [2.05, 4.69) is 0 Å². The van der Waals surface area contributed by atoms with Gasteiger partial charge in [0.1, 0.15) is 5.75 Å². The second kappa shape index (κ2) is 4.99. The molecule has 3 atom stereocenters. The van der Waals surface area contributed by atoms with Crippen LogP contribution in [0.2, 0.25) is 0 Å². The van der Waals surface area contributed by atoms with Crippen LogP contribution in [0.15, 0.2) is 36.4 Å². The van der Waals surface area contributed by atoms with Gasteiger partial charge in [0.15, 0.2) is 0 Å². The molecule has 0 spiro atoms.